The third kappa shape index (κ3) is 4.89. The van der Waals surface area contributed by atoms with E-state index in [-0.39, 0.29) is 101 Å². The average Bonchev–Trinajstić information content (AvgIpc) is 2.83. The molecule has 39 heavy (non-hydrogen) atoms. The van der Waals surface area contributed by atoms with Gasteiger partial charge in [-0.15, -0.1) is 0 Å². The van der Waals surface area contributed by atoms with Gasteiger partial charge in [0, 0.05) is 112 Å². The number of ether oxygens (including phenoxy) is 1. The van der Waals surface area contributed by atoms with Crippen LogP contribution in [0.4, 0.5) is 0 Å². The predicted octanol–water partition coefficient (Wildman–Crippen LogP) is 2.06. The van der Waals surface area contributed by atoms with Crippen LogP contribution in [0, 0.1) is 111 Å². The first-order valence-electron chi connectivity index (χ1n) is 13.4. The Bertz CT molecular complexity index is 1140. The molecule has 1 heterocycles. The van der Waals surface area contributed by atoms with Gasteiger partial charge in [-0.3, -0.25) is 4.79 Å². The Balaban J connectivity index is 0.00000210. The minimum atomic E-state index is -2.53. The van der Waals surface area contributed by atoms with Gasteiger partial charge in [0.2, 0.25) is 8.32 Å². The van der Waals surface area contributed by atoms with E-state index >= 15 is 0 Å². The van der Waals surface area contributed by atoms with Crippen LogP contribution in [-0.2, 0) is 14.0 Å². The summed E-state index contributed by atoms with van der Waals surface area (Å²) in [6.07, 6.45) is -3.33. The van der Waals surface area contributed by atoms with E-state index in [2.05, 4.69) is 13.1 Å². The maximum Gasteiger partial charge on any atom is 0.218 e. The normalized spacial score (nSPS) is 43.0. The van der Waals surface area contributed by atoms with E-state index < -0.39 is 72.4 Å². The number of hydrogen-bond acceptors (Lipinski definition) is 7. The molecule has 3 fully saturated rings. The van der Waals surface area contributed by atoms with Gasteiger partial charge in [0.1, 0.15) is 11.7 Å². The number of ketones is 1. The van der Waals surface area contributed by atoms with Crippen LogP contribution >= 0.6 is 0 Å². The van der Waals surface area contributed by atoms with Crippen molar-refractivity contribution < 1.29 is 123 Å². The van der Waals surface area contributed by atoms with Crippen molar-refractivity contribution in [3.8, 4) is 0 Å². The van der Waals surface area contributed by atoms with Gasteiger partial charge in [0.25, 0.3) is 0 Å². The second-order valence-electron chi connectivity index (χ2n) is 13.2. The number of aliphatic hydroxyl groups excluding tert-OH is 2. The van der Waals surface area contributed by atoms with Gasteiger partial charge >= 0.3 is 0 Å². The van der Waals surface area contributed by atoms with E-state index in [1.807, 2.05) is 51.1 Å². The van der Waals surface area contributed by atoms with Crippen molar-refractivity contribution in [2.75, 3.05) is 6.61 Å². The Morgan fingerprint density at radius 3 is 2.18 bits per heavy atom. The van der Waals surface area contributed by atoms with Crippen molar-refractivity contribution in [2.24, 2.45) is 22.7 Å². The van der Waals surface area contributed by atoms with Gasteiger partial charge in [0.15, 0.2) is 5.78 Å². The van der Waals surface area contributed by atoms with E-state index in [9.17, 15) is 25.2 Å². The number of benzene rings is 1. The second-order valence-corrected chi connectivity index (χ2v) is 17.0. The summed E-state index contributed by atoms with van der Waals surface area (Å²) >= 11 is 0. The molecular formula is C29H42Ac2O7Si. The molecule has 7 nitrogen and oxygen atoms in total. The summed E-state index contributed by atoms with van der Waals surface area (Å²) in [6, 6.07) is 9.97. The van der Waals surface area contributed by atoms with Crippen LogP contribution in [0.1, 0.15) is 47.5 Å². The summed E-state index contributed by atoms with van der Waals surface area (Å²) < 4.78 is 12.8. The molecule has 9 atom stereocenters. The van der Waals surface area contributed by atoms with E-state index in [0.717, 1.165) is 5.19 Å². The zero-order chi connectivity index (χ0) is 27.3. The van der Waals surface area contributed by atoms with Gasteiger partial charge < -0.3 is 29.6 Å². The zero-order valence-corrected chi connectivity index (χ0v) is 34.6. The Kier molecular flexibility index (Phi) is 10.3. The second kappa shape index (κ2) is 11.4. The summed E-state index contributed by atoms with van der Waals surface area (Å²) in [5.41, 5.74) is -4.24. The first kappa shape index (κ1) is 35.0. The summed E-state index contributed by atoms with van der Waals surface area (Å²) in [7, 11) is -2.53. The number of rotatable bonds is 3. The summed E-state index contributed by atoms with van der Waals surface area (Å²) in [6.45, 7) is 13.3. The fourth-order valence-electron chi connectivity index (χ4n) is 8.41. The molecule has 2 radical (unpaired) electrons. The average molecular weight is 985 g/mol. The van der Waals surface area contributed by atoms with E-state index in [0.29, 0.717) is 17.6 Å². The Morgan fingerprint density at radius 2 is 1.64 bits per heavy atom. The smallest absolute Gasteiger partial charge is 0.218 e. The van der Waals surface area contributed by atoms with Crippen molar-refractivity contribution in [3.05, 3.63) is 41.5 Å². The van der Waals surface area contributed by atoms with E-state index in [1.54, 1.807) is 13.8 Å². The number of carbonyl (C=O) groups is 1. The van der Waals surface area contributed by atoms with Crippen LogP contribution in [0.3, 0.4) is 0 Å². The molecule has 5 rings (SSSR count). The molecule has 210 valence electrons. The summed E-state index contributed by atoms with van der Waals surface area (Å²) in [5.74, 6) is -1.78. The van der Waals surface area contributed by atoms with Gasteiger partial charge in [0.05, 0.1) is 35.9 Å². The van der Waals surface area contributed by atoms with Crippen LogP contribution in [-0.4, -0.2) is 76.8 Å². The number of hydrogen-bond donors (Lipinski definition) is 4. The zero-order valence-electron chi connectivity index (χ0n) is 24.1. The van der Waals surface area contributed by atoms with Crippen molar-refractivity contribution in [2.45, 2.75) is 96.2 Å². The SMILES string of the molecule is CC1=C2C(O)C(=O)[C@]3(C)C(O[Si](C)(C)c4ccccc4)CC4OCC4(O)C3C(C)C(O)(CC1O)C2(C)C.[Ac].[Ac]. The van der Waals surface area contributed by atoms with Crippen LogP contribution in [0.15, 0.2) is 41.5 Å². The van der Waals surface area contributed by atoms with Crippen molar-refractivity contribution in [1.29, 1.82) is 0 Å². The van der Waals surface area contributed by atoms with E-state index in [4.69, 9.17) is 9.16 Å². The first-order chi connectivity index (χ1) is 17.0. The third-order valence-corrected chi connectivity index (χ3v) is 13.3. The Morgan fingerprint density at radius 1 is 1.05 bits per heavy atom. The molecule has 0 aromatic heterocycles. The fourth-order valence-corrected chi connectivity index (χ4v) is 10.6. The molecular weight excluding hydrogens is 942 g/mol. The monoisotopic (exact) mass is 984 g/mol. The largest absolute Gasteiger partial charge is 0.409 e. The maximum absolute atomic E-state index is 14.5. The summed E-state index contributed by atoms with van der Waals surface area (Å²) in [4.78, 5) is 14.5. The molecule has 1 aromatic carbocycles. The molecule has 8 unspecified atom stereocenters. The molecule has 2 bridgehead atoms. The molecule has 10 heteroatoms. The standard InChI is InChI=1S/C29H42O7Si.2Ac/c1-16-19(30)14-29(34)17(2)24-27(5,25(32)23(31)22(16)26(29,3)4)20(13-21-28(24,33)15-35-21)36-37(6,7)18-11-9-8-10-12-18;;/h8-12,17,19-21,23-24,30-31,33-34H,13-15H2,1-7H3;;/t17?,19?,20?,21?,23?,24?,27-,28?,29?;;/m1../s1. The molecule has 0 spiro atoms. The Hall–Kier alpha value is 1.49. The Labute approximate surface area is 304 Å². The molecule has 4 aliphatic rings. The molecule has 0 amide bonds. The van der Waals surface area contributed by atoms with Crippen LogP contribution in [0.2, 0.25) is 13.1 Å². The maximum atomic E-state index is 14.5. The van der Waals surface area contributed by atoms with Gasteiger partial charge in [-0.1, -0.05) is 51.1 Å². The number of Topliss-reactive ketones (excluding diaryl/α,β-unsaturated/α-hetero) is 1. The molecule has 1 aromatic rings. The predicted molar refractivity (Wildman–Crippen MR) is 142 cm³/mol. The minimum absolute atomic E-state index is 0. The van der Waals surface area contributed by atoms with Crippen molar-refractivity contribution >= 4 is 19.3 Å². The summed E-state index contributed by atoms with van der Waals surface area (Å²) in [5, 5.41) is 48.2. The van der Waals surface area contributed by atoms with Gasteiger partial charge in [-0.05, 0) is 49.2 Å². The first-order valence-corrected chi connectivity index (χ1v) is 16.4. The van der Waals surface area contributed by atoms with Crippen molar-refractivity contribution in [3.63, 3.8) is 0 Å². The van der Waals surface area contributed by atoms with Gasteiger partial charge in [-0.2, -0.15) is 0 Å². The molecule has 4 N–H and O–H groups in total. The molecule has 1 saturated heterocycles. The molecule has 3 aliphatic carbocycles. The topological polar surface area (TPSA) is 116 Å². The van der Waals surface area contributed by atoms with Crippen LogP contribution in [0.25, 0.3) is 0 Å². The van der Waals surface area contributed by atoms with E-state index in [1.165, 1.54) is 0 Å². The quantitative estimate of drug-likeness (QED) is 0.271. The molecule has 1 aliphatic heterocycles. The fraction of sp³-hybridized carbons (Fsp3) is 0.690. The van der Waals surface area contributed by atoms with Crippen LogP contribution < -0.4 is 5.19 Å². The van der Waals surface area contributed by atoms with Crippen molar-refractivity contribution in [1.82, 2.24) is 0 Å². The van der Waals surface area contributed by atoms with Gasteiger partial charge in [-0.25, -0.2) is 0 Å². The minimum Gasteiger partial charge on any atom is -0.409 e. The third-order valence-electron chi connectivity index (χ3n) is 10.8. The number of aliphatic hydroxyl groups is 4. The number of carbonyl (C=O) groups excluding carboxylic acids is 1. The van der Waals surface area contributed by atoms with Crippen LogP contribution in [0.5, 0.6) is 0 Å². The molecule has 2 saturated carbocycles. The number of fused-ring (bicyclic) bond motifs is 5.